The summed E-state index contributed by atoms with van der Waals surface area (Å²) in [5.74, 6) is -1.00. The highest BCUT2D eigenvalue weighted by Crippen LogP contribution is 2.21. The number of urea groups is 1. The predicted octanol–water partition coefficient (Wildman–Crippen LogP) is 2.25. The minimum Gasteiger partial charge on any atom is -0.481 e. The number of aliphatic carboxylic acids is 1. The number of hydrogen-bond acceptors (Lipinski definition) is 3. The number of carbonyl (C=O) groups excluding carboxylic acids is 1. The first-order valence-corrected chi connectivity index (χ1v) is 8.95. The molecule has 0 radical (unpaired) electrons. The van der Waals surface area contributed by atoms with Crippen LogP contribution in [0.1, 0.15) is 46.5 Å². The maximum Gasteiger partial charge on any atom is 0.317 e. The molecular formula is C17H33N3O3. The molecule has 0 aromatic carbocycles. The molecule has 1 fully saturated rings. The summed E-state index contributed by atoms with van der Waals surface area (Å²) in [7, 11) is 0. The zero-order valence-electron chi connectivity index (χ0n) is 14.9. The number of carbonyl (C=O) groups is 2. The van der Waals surface area contributed by atoms with E-state index in [0.29, 0.717) is 26.1 Å². The molecule has 1 aliphatic rings. The Hall–Kier alpha value is -1.30. The Labute approximate surface area is 140 Å². The minimum absolute atomic E-state index is 0.125. The molecule has 0 aliphatic carbocycles. The van der Waals surface area contributed by atoms with Crippen molar-refractivity contribution in [3.8, 4) is 0 Å². The highest BCUT2D eigenvalue weighted by Gasteiger charge is 2.31. The van der Waals surface area contributed by atoms with Crippen LogP contribution in [0.4, 0.5) is 4.79 Å². The number of piperidine rings is 1. The summed E-state index contributed by atoms with van der Waals surface area (Å²) >= 11 is 0. The van der Waals surface area contributed by atoms with Crippen LogP contribution in [0, 0.1) is 11.8 Å². The molecule has 0 aromatic rings. The van der Waals surface area contributed by atoms with Crippen molar-refractivity contribution in [3.63, 3.8) is 0 Å². The first-order valence-electron chi connectivity index (χ1n) is 8.95. The standard InChI is InChI=1S/C17H33N3O3/c1-4-8-19(9-5-2)10-6-7-18-17(23)20-12-14(3)11-15(13-20)16(21)22/h14-15H,4-13H2,1-3H3,(H,18,23)(H,21,22). The number of carboxylic acids is 1. The average molecular weight is 327 g/mol. The molecule has 2 amide bonds. The molecule has 6 heteroatoms. The SMILES string of the molecule is CCCN(CCC)CCCNC(=O)N1CC(C)CC(C(=O)O)C1. The van der Waals surface area contributed by atoms with E-state index in [1.54, 1.807) is 4.90 Å². The van der Waals surface area contributed by atoms with Gasteiger partial charge in [-0.25, -0.2) is 4.79 Å². The van der Waals surface area contributed by atoms with Gasteiger partial charge in [0.25, 0.3) is 0 Å². The van der Waals surface area contributed by atoms with E-state index in [0.717, 1.165) is 38.9 Å². The van der Waals surface area contributed by atoms with Crippen LogP contribution < -0.4 is 5.32 Å². The Morgan fingerprint density at radius 3 is 2.39 bits per heavy atom. The molecule has 134 valence electrons. The number of nitrogens with zero attached hydrogens (tertiary/aromatic N) is 2. The van der Waals surface area contributed by atoms with Gasteiger partial charge in [0.15, 0.2) is 0 Å². The van der Waals surface area contributed by atoms with Gasteiger partial charge in [0.2, 0.25) is 0 Å². The van der Waals surface area contributed by atoms with Crippen LogP contribution in [0.3, 0.4) is 0 Å². The monoisotopic (exact) mass is 327 g/mol. The zero-order valence-corrected chi connectivity index (χ0v) is 14.9. The van der Waals surface area contributed by atoms with Crippen molar-refractivity contribution in [2.75, 3.05) is 39.3 Å². The van der Waals surface area contributed by atoms with Crippen LogP contribution in [0.15, 0.2) is 0 Å². The van der Waals surface area contributed by atoms with Gasteiger partial charge >= 0.3 is 12.0 Å². The summed E-state index contributed by atoms with van der Waals surface area (Å²) in [6.45, 7) is 11.2. The van der Waals surface area contributed by atoms with Gasteiger partial charge < -0.3 is 20.2 Å². The fourth-order valence-corrected chi connectivity index (χ4v) is 3.27. The number of rotatable bonds is 9. The van der Waals surface area contributed by atoms with Crippen LogP contribution >= 0.6 is 0 Å². The molecule has 1 rings (SSSR count). The molecule has 0 saturated carbocycles. The second kappa shape index (κ2) is 10.5. The molecule has 1 aliphatic heterocycles. The van der Waals surface area contributed by atoms with E-state index in [2.05, 4.69) is 24.1 Å². The lowest BCUT2D eigenvalue weighted by Gasteiger charge is -2.34. The Morgan fingerprint density at radius 2 is 1.83 bits per heavy atom. The third-order valence-electron chi connectivity index (χ3n) is 4.30. The normalized spacial score (nSPS) is 21.5. The second-order valence-corrected chi connectivity index (χ2v) is 6.71. The number of carboxylic acid groups (broad SMARTS) is 1. The van der Waals surface area contributed by atoms with Crippen molar-refractivity contribution in [1.29, 1.82) is 0 Å². The third-order valence-corrected chi connectivity index (χ3v) is 4.30. The van der Waals surface area contributed by atoms with E-state index in [4.69, 9.17) is 5.11 Å². The van der Waals surface area contributed by atoms with Crippen molar-refractivity contribution >= 4 is 12.0 Å². The van der Waals surface area contributed by atoms with E-state index < -0.39 is 11.9 Å². The van der Waals surface area contributed by atoms with E-state index in [9.17, 15) is 9.59 Å². The lowest BCUT2D eigenvalue weighted by atomic mass is 9.91. The number of amides is 2. The molecule has 6 nitrogen and oxygen atoms in total. The lowest BCUT2D eigenvalue weighted by molar-refractivity contribution is -0.143. The summed E-state index contributed by atoms with van der Waals surface area (Å²) in [6, 6.07) is -0.125. The third kappa shape index (κ3) is 7.20. The van der Waals surface area contributed by atoms with E-state index in [1.807, 2.05) is 6.92 Å². The predicted molar refractivity (Wildman–Crippen MR) is 91.5 cm³/mol. The molecule has 0 bridgehead atoms. The van der Waals surface area contributed by atoms with Crippen LogP contribution in [0.25, 0.3) is 0 Å². The molecule has 0 spiro atoms. The van der Waals surface area contributed by atoms with Gasteiger partial charge in [0.05, 0.1) is 5.92 Å². The average Bonchev–Trinajstić information content (AvgIpc) is 2.51. The number of nitrogens with one attached hydrogen (secondary N) is 1. The van der Waals surface area contributed by atoms with Crippen LogP contribution in [-0.4, -0.2) is 66.2 Å². The molecule has 2 atom stereocenters. The topological polar surface area (TPSA) is 72.9 Å². The lowest BCUT2D eigenvalue weighted by Crippen LogP contribution is -2.49. The molecule has 23 heavy (non-hydrogen) atoms. The molecule has 2 unspecified atom stereocenters. The van der Waals surface area contributed by atoms with Crippen LogP contribution in [0.2, 0.25) is 0 Å². The molecule has 0 aromatic heterocycles. The van der Waals surface area contributed by atoms with Gasteiger partial charge in [-0.2, -0.15) is 0 Å². The summed E-state index contributed by atoms with van der Waals surface area (Å²) in [4.78, 5) is 27.5. The molecule has 1 saturated heterocycles. The maximum atomic E-state index is 12.2. The van der Waals surface area contributed by atoms with E-state index in [-0.39, 0.29) is 11.9 Å². The maximum absolute atomic E-state index is 12.2. The van der Waals surface area contributed by atoms with Gasteiger partial charge in [-0.05, 0) is 51.2 Å². The Kier molecular flexibility index (Phi) is 8.99. The fourth-order valence-electron chi connectivity index (χ4n) is 3.27. The summed E-state index contributed by atoms with van der Waals surface area (Å²) in [5.41, 5.74) is 0. The van der Waals surface area contributed by atoms with Crippen molar-refractivity contribution in [3.05, 3.63) is 0 Å². The smallest absolute Gasteiger partial charge is 0.317 e. The number of likely N-dealkylation sites (tertiary alicyclic amines) is 1. The van der Waals surface area contributed by atoms with Gasteiger partial charge in [0, 0.05) is 19.6 Å². The van der Waals surface area contributed by atoms with Crippen LogP contribution in [-0.2, 0) is 4.79 Å². The second-order valence-electron chi connectivity index (χ2n) is 6.71. The van der Waals surface area contributed by atoms with Gasteiger partial charge in [0.1, 0.15) is 0 Å². The summed E-state index contributed by atoms with van der Waals surface area (Å²) < 4.78 is 0. The van der Waals surface area contributed by atoms with Crippen molar-refractivity contribution in [2.24, 2.45) is 11.8 Å². The van der Waals surface area contributed by atoms with Crippen LogP contribution in [0.5, 0.6) is 0 Å². The highest BCUT2D eigenvalue weighted by molar-refractivity contribution is 5.76. The Bertz CT molecular complexity index is 370. The first-order chi connectivity index (χ1) is 11.0. The summed E-state index contributed by atoms with van der Waals surface area (Å²) in [5, 5.41) is 12.1. The number of hydrogen-bond donors (Lipinski definition) is 2. The highest BCUT2D eigenvalue weighted by atomic mass is 16.4. The van der Waals surface area contributed by atoms with Gasteiger partial charge in [-0.1, -0.05) is 20.8 Å². The molecular weight excluding hydrogens is 294 g/mol. The Morgan fingerprint density at radius 1 is 1.17 bits per heavy atom. The van der Waals surface area contributed by atoms with Crippen molar-refractivity contribution < 1.29 is 14.7 Å². The van der Waals surface area contributed by atoms with Crippen molar-refractivity contribution in [1.82, 2.24) is 15.1 Å². The summed E-state index contributed by atoms with van der Waals surface area (Å²) in [6.07, 6.45) is 3.88. The van der Waals surface area contributed by atoms with Crippen molar-refractivity contribution in [2.45, 2.75) is 46.5 Å². The first kappa shape index (κ1) is 19.7. The largest absolute Gasteiger partial charge is 0.481 e. The zero-order chi connectivity index (χ0) is 17.2. The fraction of sp³-hybridized carbons (Fsp3) is 0.882. The molecule has 2 N–H and O–H groups in total. The van der Waals surface area contributed by atoms with E-state index >= 15 is 0 Å². The van der Waals surface area contributed by atoms with E-state index in [1.165, 1.54) is 0 Å². The quantitative estimate of drug-likeness (QED) is 0.637. The molecule has 1 heterocycles. The van der Waals surface area contributed by atoms with Gasteiger partial charge in [-0.3, -0.25) is 4.79 Å². The minimum atomic E-state index is -0.802. The Balaban J connectivity index is 2.31. The van der Waals surface area contributed by atoms with Gasteiger partial charge in [-0.15, -0.1) is 0 Å².